The summed E-state index contributed by atoms with van der Waals surface area (Å²) in [5.41, 5.74) is -8.42. The maximum absolute atomic E-state index is 12.4. The Morgan fingerprint density at radius 2 is 1.16 bits per heavy atom. The molecule has 0 aliphatic heterocycles. The zero-order valence-electron chi connectivity index (χ0n) is 15.7. The van der Waals surface area contributed by atoms with E-state index in [1.807, 2.05) is 42.5 Å². The normalized spacial score (nSPS) is 11.5. The molecule has 0 aromatic heterocycles. The smallest absolute Gasteiger partial charge is 0.484 e. The summed E-state index contributed by atoms with van der Waals surface area (Å²) >= 11 is 0. The molecule has 0 saturated heterocycles. The van der Waals surface area contributed by atoms with Crippen LogP contribution in [-0.4, -0.2) is 45.8 Å². The highest BCUT2D eigenvalue weighted by Gasteiger charge is 2.69. The Labute approximate surface area is 174 Å². The standard InChI is InChI=1S/C22H14O8Si/c23-19(24)31(20(25)26,21(27)28)22(29)30-16-7-8-17-15(10-16)6-5-14-9-12-3-1-2-4-13(12)11-18(14)17/h1-11H,(H,23,24)(H,25,26)(H,27,28). The summed E-state index contributed by atoms with van der Waals surface area (Å²) in [7, 11) is -5.57. The van der Waals surface area contributed by atoms with Crippen LogP contribution in [0.3, 0.4) is 0 Å². The average molecular weight is 434 g/mol. The minimum Gasteiger partial charge on any atom is -0.484 e. The van der Waals surface area contributed by atoms with E-state index in [9.17, 15) is 34.5 Å². The van der Waals surface area contributed by atoms with Crippen LogP contribution in [-0.2, 0) is 0 Å². The van der Waals surface area contributed by atoms with E-state index >= 15 is 0 Å². The number of fused-ring (bicyclic) bond motifs is 4. The minimum atomic E-state index is -5.57. The number of hydrogen-bond donors (Lipinski definition) is 3. The van der Waals surface area contributed by atoms with Crippen LogP contribution in [0, 0.1) is 0 Å². The molecule has 4 rings (SSSR count). The summed E-state index contributed by atoms with van der Waals surface area (Å²) in [5, 5.41) is 33.1. The molecule has 0 unspecified atom stereocenters. The largest absolute Gasteiger partial charge is 0.545 e. The van der Waals surface area contributed by atoms with Gasteiger partial charge < -0.3 is 20.1 Å². The Morgan fingerprint density at radius 3 is 1.74 bits per heavy atom. The van der Waals surface area contributed by atoms with Gasteiger partial charge in [0.2, 0.25) is 0 Å². The SMILES string of the molecule is O=C(O)[Si](C(=O)O)(C(=O)O)C(=O)Oc1ccc2c(ccc3cc4ccccc4cc32)c1. The van der Waals surface area contributed by atoms with Crippen molar-refractivity contribution in [2.24, 2.45) is 0 Å². The van der Waals surface area contributed by atoms with Crippen molar-refractivity contribution < 1.29 is 39.2 Å². The minimum absolute atomic E-state index is 0.140. The first-order valence-electron chi connectivity index (χ1n) is 9.03. The molecule has 0 heterocycles. The zero-order chi connectivity index (χ0) is 22.3. The van der Waals surface area contributed by atoms with Crippen LogP contribution in [0.4, 0.5) is 19.2 Å². The molecular formula is C22H14O8Si. The second-order valence-electron chi connectivity index (χ2n) is 6.92. The molecule has 0 radical (unpaired) electrons. The van der Waals surface area contributed by atoms with Crippen molar-refractivity contribution in [3.8, 4) is 5.75 Å². The van der Waals surface area contributed by atoms with Crippen LogP contribution in [0.1, 0.15) is 0 Å². The Balaban J connectivity index is 1.79. The fourth-order valence-corrected chi connectivity index (χ4v) is 4.86. The molecule has 0 aliphatic carbocycles. The highest BCUT2D eigenvalue weighted by molar-refractivity contribution is 7.51. The predicted molar refractivity (Wildman–Crippen MR) is 115 cm³/mol. The van der Waals surface area contributed by atoms with Gasteiger partial charge >= 0.3 is 30.4 Å². The van der Waals surface area contributed by atoms with Gasteiger partial charge in [0, 0.05) is 0 Å². The molecule has 0 atom stereocenters. The van der Waals surface area contributed by atoms with Crippen molar-refractivity contribution in [3.63, 3.8) is 0 Å². The van der Waals surface area contributed by atoms with Gasteiger partial charge in [-0.2, -0.15) is 0 Å². The molecule has 154 valence electrons. The van der Waals surface area contributed by atoms with E-state index in [2.05, 4.69) is 0 Å². The highest BCUT2D eigenvalue weighted by Crippen LogP contribution is 2.32. The van der Waals surface area contributed by atoms with Gasteiger partial charge in [0.25, 0.3) is 0 Å². The van der Waals surface area contributed by atoms with Crippen LogP contribution < -0.4 is 4.74 Å². The fraction of sp³-hybridized carbons (Fsp3) is 0. The van der Waals surface area contributed by atoms with E-state index in [0.717, 1.165) is 26.9 Å². The predicted octanol–water partition coefficient (Wildman–Crippen LogP) is 5.45. The molecule has 0 fully saturated rings. The van der Waals surface area contributed by atoms with Gasteiger partial charge in [0.05, 0.1) is 0 Å². The zero-order valence-corrected chi connectivity index (χ0v) is 16.7. The monoisotopic (exact) mass is 434 g/mol. The van der Waals surface area contributed by atoms with Crippen molar-refractivity contribution in [1.29, 1.82) is 0 Å². The van der Waals surface area contributed by atoms with Crippen molar-refractivity contribution in [3.05, 3.63) is 66.7 Å². The summed E-state index contributed by atoms with van der Waals surface area (Å²) in [6.07, 6.45) is 0. The molecule has 0 bridgehead atoms. The summed E-state index contributed by atoms with van der Waals surface area (Å²) < 4.78 is 4.93. The summed E-state index contributed by atoms with van der Waals surface area (Å²) in [6.45, 7) is 0. The van der Waals surface area contributed by atoms with E-state index in [1.165, 1.54) is 12.1 Å². The van der Waals surface area contributed by atoms with Crippen LogP contribution in [0.25, 0.3) is 32.3 Å². The molecule has 9 heteroatoms. The third-order valence-corrected chi connectivity index (χ3v) is 7.79. The molecule has 0 spiro atoms. The van der Waals surface area contributed by atoms with Crippen LogP contribution in [0.2, 0.25) is 0 Å². The lowest BCUT2D eigenvalue weighted by atomic mass is 9.98. The van der Waals surface area contributed by atoms with Crippen molar-refractivity contribution in [2.45, 2.75) is 0 Å². The lowest BCUT2D eigenvalue weighted by molar-refractivity contribution is 0.196. The van der Waals surface area contributed by atoms with Gasteiger partial charge in [0.1, 0.15) is 5.75 Å². The van der Waals surface area contributed by atoms with Gasteiger partial charge in [-0.1, -0.05) is 42.5 Å². The average Bonchev–Trinajstić information content (AvgIpc) is 2.71. The number of carboxylic acid groups (broad SMARTS) is 3. The summed E-state index contributed by atoms with van der Waals surface area (Å²) in [6, 6.07) is 20.1. The van der Waals surface area contributed by atoms with E-state index in [-0.39, 0.29) is 5.75 Å². The Hall–Kier alpha value is -4.24. The number of benzene rings is 4. The highest BCUT2D eigenvalue weighted by atomic mass is 28.3. The Bertz CT molecular complexity index is 1390. The lowest BCUT2D eigenvalue weighted by Crippen LogP contribution is -2.65. The van der Waals surface area contributed by atoms with Crippen LogP contribution in [0.15, 0.2) is 66.7 Å². The van der Waals surface area contributed by atoms with Crippen molar-refractivity contribution in [1.82, 2.24) is 0 Å². The van der Waals surface area contributed by atoms with E-state index in [0.29, 0.717) is 5.39 Å². The first kappa shape index (κ1) is 20.0. The maximum atomic E-state index is 12.4. The van der Waals surface area contributed by atoms with Gasteiger partial charge in [-0.05, 0) is 56.6 Å². The lowest BCUT2D eigenvalue weighted by Gasteiger charge is -2.15. The van der Waals surface area contributed by atoms with Crippen LogP contribution >= 0.6 is 0 Å². The number of carbonyl (C=O) groups is 4. The number of ether oxygens (including phenoxy) is 1. The molecule has 3 N–H and O–H groups in total. The van der Waals surface area contributed by atoms with Crippen molar-refractivity contribution >= 4 is 62.8 Å². The molecule has 0 aliphatic rings. The Kier molecular flexibility index (Phi) is 4.67. The molecule has 31 heavy (non-hydrogen) atoms. The third kappa shape index (κ3) is 3.07. The van der Waals surface area contributed by atoms with Crippen molar-refractivity contribution in [2.75, 3.05) is 0 Å². The van der Waals surface area contributed by atoms with E-state index in [1.54, 1.807) is 12.1 Å². The maximum Gasteiger partial charge on any atom is 0.545 e. The van der Waals surface area contributed by atoms with Gasteiger partial charge in [-0.3, -0.25) is 19.2 Å². The van der Waals surface area contributed by atoms with Gasteiger partial charge in [0.15, 0.2) is 0 Å². The van der Waals surface area contributed by atoms with Crippen LogP contribution in [0.5, 0.6) is 5.75 Å². The molecule has 4 aromatic carbocycles. The topological polar surface area (TPSA) is 138 Å². The second-order valence-corrected chi connectivity index (χ2v) is 10.1. The van der Waals surface area contributed by atoms with Gasteiger partial charge in [-0.15, -0.1) is 0 Å². The Morgan fingerprint density at radius 1 is 0.613 bits per heavy atom. The number of hydrogen-bond acceptors (Lipinski definition) is 5. The first-order chi connectivity index (χ1) is 14.7. The van der Waals surface area contributed by atoms with E-state index in [4.69, 9.17) is 4.74 Å². The van der Waals surface area contributed by atoms with E-state index < -0.39 is 30.4 Å². The molecule has 0 saturated carbocycles. The summed E-state index contributed by atoms with van der Waals surface area (Å²) in [4.78, 5) is 46.6. The third-order valence-electron chi connectivity index (χ3n) is 5.15. The molecular weight excluding hydrogens is 420 g/mol. The molecule has 4 aromatic rings. The van der Waals surface area contributed by atoms with Gasteiger partial charge in [-0.25, -0.2) is 0 Å². The first-order valence-corrected chi connectivity index (χ1v) is 11.0. The molecule has 0 amide bonds. The quantitative estimate of drug-likeness (QED) is 0.214. The second kappa shape index (κ2) is 7.22. The number of carbonyl (C=O) groups excluding carboxylic acids is 1. The summed E-state index contributed by atoms with van der Waals surface area (Å²) in [5.74, 6) is -0.140. The molecule has 8 nitrogen and oxygen atoms in total. The number of rotatable bonds is 5. The fourth-order valence-electron chi connectivity index (χ4n) is 3.52.